The number of hydrogen-bond donors (Lipinski definition) is 1. The Kier molecular flexibility index (Phi) is 4.98. The van der Waals surface area contributed by atoms with E-state index in [1.165, 1.54) is 19.3 Å². The van der Waals surface area contributed by atoms with Crippen LogP contribution in [0.2, 0.25) is 0 Å². The zero-order valence-corrected chi connectivity index (χ0v) is 17.3. The Hall–Kier alpha value is -2.98. The van der Waals surface area contributed by atoms with Gasteiger partial charge < -0.3 is 10.1 Å². The topological polar surface area (TPSA) is 51.5 Å². The zero-order valence-electron chi connectivity index (χ0n) is 17.3. The number of halogens is 6. The van der Waals surface area contributed by atoms with Crippen LogP contribution in [-0.4, -0.2) is 27.0 Å². The molecule has 2 heterocycles. The number of fused-ring (bicyclic) bond motifs is 1. The molecule has 5 nitrogen and oxygen atoms in total. The Morgan fingerprint density at radius 1 is 1.00 bits per heavy atom. The van der Waals surface area contributed by atoms with Crippen LogP contribution >= 0.6 is 0 Å². The van der Waals surface area contributed by atoms with Crippen LogP contribution in [0.5, 0.6) is 5.75 Å². The molecule has 0 aliphatic heterocycles. The van der Waals surface area contributed by atoms with Crippen molar-refractivity contribution in [2.75, 3.05) is 5.32 Å². The second-order valence-electron chi connectivity index (χ2n) is 8.72. The van der Waals surface area contributed by atoms with Crippen molar-refractivity contribution in [1.29, 1.82) is 0 Å². The normalized spacial score (nSPS) is 20.2. The molecule has 0 bridgehead atoms. The van der Waals surface area contributed by atoms with Gasteiger partial charge in [0.15, 0.2) is 0 Å². The number of hydrogen-bond acceptors (Lipinski definition) is 4. The molecule has 1 aromatic carbocycles. The molecule has 2 aromatic heterocycles. The molecule has 1 atom stereocenters. The average Bonchev–Trinajstić information content (AvgIpc) is 3.15. The minimum Gasteiger partial charge on any atom is -0.405 e. The fourth-order valence-corrected chi connectivity index (χ4v) is 4.87. The Labute approximate surface area is 184 Å². The van der Waals surface area contributed by atoms with Crippen LogP contribution < -0.4 is 10.1 Å². The van der Waals surface area contributed by atoms with E-state index in [-0.39, 0.29) is 22.7 Å². The third kappa shape index (κ3) is 4.20. The minimum absolute atomic E-state index is 0.0123. The molecule has 33 heavy (non-hydrogen) atoms. The molecule has 0 saturated heterocycles. The first-order valence-corrected chi connectivity index (χ1v) is 10.6. The van der Waals surface area contributed by atoms with Gasteiger partial charge in [0, 0.05) is 17.8 Å². The number of aromatic nitrogens is 3. The summed E-state index contributed by atoms with van der Waals surface area (Å²) in [7, 11) is 0. The Morgan fingerprint density at radius 3 is 2.45 bits per heavy atom. The van der Waals surface area contributed by atoms with Gasteiger partial charge in [-0.2, -0.15) is 13.2 Å². The highest BCUT2D eigenvalue weighted by molar-refractivity contribution is 5.81. The fourth-order valence-electron chi connectivity index (χ4n) is 4.87. The molecule has 2 aliphatic rings. The predicted molar refractivity (Wildman–Crippen MR) is 108 cm³/mol. The van der Waals surface area contributed by atoms with Gasteiger partial charge in [0.05, 0.1) is 11.1 Å². The first kappa shape index (κ1) is 21.8. The van der Waals surface area contributed by atoms with E-state index < -0.39 is 23.9 Å². The largest absolute Gasteiger partial charge is 0.573 e. The summed E-state index contributed by atoms with van der Waals surface area (Å²) < 4.78 is 83.7. The van der Waals surface area contributed by atoms with Gasteiger partial charge in [-0.25, -0.2) is 0 Å². The summed E-state index contributed by atoms with van der Waals surface area (Å²) in [5.74, 6) is -0.546. The molecule has 2 saturated carbocycles. The lowest BCUT2D eigenvalue weighted by Gasteiger charge is -2.22. The lowest BCUT2D eigenvalue weighted by molar-refractivity contribution is -0.274. The molecule has 2 aliphatic carbocycles. The van der Waals surface area contributed by atoms with Gasteiger partial charge in [0.2, 0.25) is 5.95 Å². The van der Waals surface area contributed by atoms with Gasteiger partial charge in [-0.1, -0.05) is 19.3 Å². The van der Waals surface area contributed by atoms with E-state index in [1.54, 1.807) is 22.7 Å². The van der Waals surface area contributed by atoms with Crippen molar-refractivity contribution in [3.8, 4) is 17.0 Å². The molecule has 1 spiro atoms. The number of rotatable bonds is 4. The van der Waals surface area contributed by atoms with Crippen molar-refractivity contribution >= 4 is 11.5 Å². The molecule has 1 N–H and O–H groups in total. The van der Waals surface area contributed by atoms with Gasteiger partial charge in [-0.3, -0.25) is 4.40 Å². The summed E-state index contributed by atoms with van der Waals surface area (Å²) in [5.41, 5.74) is -0.841. The Morgan fingerprint density at radius 2 is 1.76 bits per heavy atom. The summed E-state index contributed by atoms with van der Waals surface area (Å²) >= 11 is 0. The van der Waals surface area contributed by atoms with Crippen molar-refractivity contribution in [3.05, 3.63) is 42.1 Å². The monoisotopic (exact) mass is 470 g/mol. The summed E-state index contributed by atoms with van der Waals surface area (Å²) in [6.45, 7) is 0. The smallest absolute Gasteiger partial charge is 0.405 e. The van der Waals surface area contributed by atoms with Crippen molar-refractivity contribution in [3.63, 3.8) is 0 Å². The Bertz CT molecular complexity index is 1180. The van der Waals surface area contributed by atoms with Crippen LogP contribution in [0.3, 0.4) is 0 Å². The molecule has 0 radical (unpaired) electrons. The van der Waals surface area contributed by atoms with Crippen LogP contribution in [0.1, 0.15) is 44.1 Å². The first-order chi connectivity index (χ1) is 15.6. The molecule has 0 amide bonds. The lowest BCUT2D eigenvalue weighted by atomic mass is 9.86. The van der Waals surface area contributed by atoms with Crippen LogP contribution in [0.15, 0.2) is 36.5 Å². The third-order valence-corrected chi connectivity index (χ3v) is 6.60. The molecule has 0 unspecified atom stereocenters. The maximum absolute atomic E-state index is 13.1. The number of ether oxygens (including phenoxy) is 1. The van der Waals surface area contributed by atoms with Crippen LogP contribution in [0, 0.1) is 5.41 Å². The number of benzene rings is 1. The van der Waals surface area contributed by atoms with E-state index in [2.05, 4.69) is 20.3 Å². The maximum Gasteiger partial charge on any atom is 0.573 e. The molecule has 2 fully saturated rings. The average molecular weight is 470 g/mol. The lowest BCUT2D eigenvalue weighted by Crippen LogP contribution is -2.20. The summed E-state index contributed by atoms with van der Waals surface area (Å²) in [4.78, 5) is 0. The highest BCUT2D eigenvalue weighted by Gasteiger charge is 2.54. The first-order valence-electron chi connectivity index (χ1n) is 10.6. The van der Waals surface area contributed by atoms with E-state index in [4.69, 9.17) is 0 Å². The van der Waals surface area contributed by atoms with E-state index in [1.807, 2.05) is 0 Å². The van der Waals surface area contributed by atoms with E-state index in [9.17, 15) is 26.3 Å². The van der Waals surface area contributed by atoms with Gasteiger partial charge in [0.1, 0.15) is 11.4 Å². The summed E-state index contributed by atoms with van der Waals surface area (Å²) in [6.07, 6.45) is -1.38. The van der Waals surface area contributed by atoms with Crippen molar-refractivity contribution in [2.24, 2.45) is 5.41 Å². The molecular weight excluding hydrogens is 450 g/mol. The van der Waals surface area contributed by atoms with Crippen molar-refractivity contribution < 1.29 is 31.1 Å². The van der Waals surface area contributed by atoms with Crippen molar-refractivity contribution in [2.45, 2.75) is 57.1 Å². The highest BCUT2D eigenvalue weighted by Crippen LogP contribution is 2.57. The zero-order chi connectivity index (χ0) is 23.4. The van der Waals surface area contributed by atoms with Gasteiger partial charge in [0.25, 0.3) is 0 Å². The predicted octanol–water partition coefficient (Wildman–Crippen LogP) is 6.45. The van der Waals surface area contributed by atoms with Crippen LogP contribution in [0.4, 0.5) is 32.3 Å². The molecule has 5 rings (SSSR count). The second kappa shape index (κ2) is 7.53. The molecular formula is C22H20F6N4O. The number of nitrogens with zero attached hydrogens (tertiary/aromatic N) is 3. The summed E-state index contributed by atoms with van der Waals surface area (Å²) in [5, 5.41) is 11.6. The van der Waals surface area contributed by atoms with E-state index in [0.717, 1.165) is 25.3 Å². The quantitative estimate of drug-likeness (QED) is 0.446. The highest BCUT2D eigenvalue weighted by atomic mass is 19.4. The van der Waals surface area contributed by atoms with Gasteiger partial charge in [-0.15, -0.1) is 23.4 Å². The number of anilines is 1. The van der Waals surface area contributed by atoms with Gasteiger partial charge >= 0.3 is 12.5 Å². The van der Waals surface area contributed by atoms with Crippen molar-refractivity contribution in [1.82, 2.24) is 14.6 Å². The minimum atomic E-state index is -5.17. The van der Waals surface area contributed by atoms with Crippen LogP contribution in [0.25, 0.3) is 16.8 Å². The standard InChI is InChI=1S/C22H20F6N4O/c23-21(24,25)13-6-7-14(16(11-13)33-22(26,27)28)18-15-5-4-10-32(15)19(31-30-18)29-17-12-20(17)8-2-1-3-9-20/h4-7,10-11,17H,1-3,8-9,12H2,(H,29,31)/t17-/m0/s1. The number of alkyl halides is 6. The second-order valence-corrected chi connectivity index (χ2v) is 8.72. The van der Waals surface area contributed by atoms with Gasteiger partial charge in [-0.05, 0) is 55.0 Å². The third-order valence-electron chi connectivity index (χ3n) is 6.60. The Balaban J connectivity index is 1.52. The van der Waals surface area contributed by atoms with E-state index >= 15 is 0 Å². The molecule has 176 valence electrons. The SMILES string of the molecule is FC(F)(F)Oc1cc(C(F)(F)F)ccc1-c1nnc(N[C@H]2CC23CCCCC3)n2cccc12. The summed E-state index contributed by atoms with van der Waals surface area (Å²) in [6, 6.07) is 5.49. The fraction of sp³-hybridized carbons (Fsp3) is 0.455. The molecule has 3 aromatic rings. The van der Waals surface area contributed by atoms with E-state index in [0.29, 0.717) is 23.6 Å². The molecule has 11 heteroatoms. The van der Waals surface area contributed by atoms with Crippen LogP contribution in [-0.2, 0) is 6.18 Å². The number of nitrogens with one attached hydrogen (secondary N) is 1. The maximum atomic E-state index is 13.1.